The first-order valence-corrected chi connectivity index (χ1v) is 5.69. The maximum absolute atomic E-state index is 10.9. The maximum Gasteiger partial charge on any atom is 0.314 e. The number of nitrogens with zero attached hydrogens (tertiary/aromatic N) is 4. The van der Waals surface area contributed by atoms with Gasteiger partial charge in [0.15, 0.2) is 5.82 Å². The van der Waals surface area contributed by atoms with Crippen molar-refractivity contribution in [3.8, 4) is 0 Å². The molecule has 0 aliphatic rings. The average molecular weight is 262 g/mol. The number of nitrogens with two attached hydrogens (primary N) is 1. The Morgan fingerprint density at radius 1 is 1.53 bits per heavy atom. The normalized spacial score (nSPS) is 10.4. The standard InChI is InChI=1S/C11H14N6O2/c1-16-7-14-10(15-16)5-6-13-9-4-2-3-8(12)11(9)17(18)19/h2-4,7,13H,5-6,12H2,1H3. The number of nitrogens with one attached hydrogen (secondary N) is 1. The van der Waals surface area contributed by atoms with E-state index < -0.39 is 4.92 Å². The Bertz CT molecular complexity index is 595. The number of anilines is 2. The highest BCUT2D eigenvalue weighted by Crippen LogP contribution is 2.30. The number of aromatic nitrogens is 3. The third-order valence-corrected chi connectivity index (χ3v) is 2.56. The van der Waals surface area contributed by atoms with Crippen molar-refractivity contribution in [2.45, 2.75) is 6.42 Å². The van der Waals surface area contributed by atoms with Crippen LogP contribution in [0.15, 0.2) is 24.5 Å². The van der Waals surface area contributed by atoms with Crippen LogP contribution in [0.25, 0.3) is 0 Å². The second-order valence-corrected chi connectivity index (χ2v) is 4.01. The highest BCUT2D eigenvalue weighted by Gasteiger charge is 2.17. The fourth-order valence-corrected chi connectivity index (χ4v) is 1.72. The van der Waals surface area contributed by atoms with Gasteiger partial charge in [0.1, 0.15) is 17.7 Å². The summed E-state index contributed by atoms with van der Waals surface area (Å²) in [5, 5.41) is 18.0. The molecule has 1 heterocycles. The molecule has 0 unspecified atom stereocenters. The van der Waals surface area contributed by atoms with Crippen molar-refractivity contribution in [3.05, 3.63) is 40.5 Å². The minimum absolute atomic E-state index is 0.100. The predicted molar refractivity (Wildman–Crippen MR) is 70.7 cm³/mol. The van der Waals surface area contributed by atoms with Gasteiger partial charge < -0.3 is 11.1 Å². The van der Waals surface area contributed by atoms with E-state index in [1.807, 2.05) is 0 Å². The van der Waals surface area contributed by atoms with E-state index >= 15 is 0 Å². The van der Waals surface area contributed by atoms with Crippen LogP contribution in [0.1, 0.15) is 5.82 Å². The summed E-state index contributed by atoms with van der Waals surface area (Å²) in [6.07, 6.45) is 2.19. The van der Waals surface area contributed by atoms with Crippen LogP contribution in [0.2, 0.25) is 0 Å². The smallest absolute Gasteiger partial charge is 0.314 e. The topological polar surface area (TPSA) is 112 Å². The number of hydrogen-bond donors (Lipinski definition) is 2. The van der Waals surface area contributed by atoms with Gasteiger partial charge in [-0.25, -0.2) is 4.98 Å². The molecular formula is C11H14N6O2. The molecule has 8 nitrogen and oxygen atoms in total. The molecule has 1 aromatic carbocycles. The summed E-state index contributed by atoms with van der Waals surface area (Å²) in [6, 6.07) is 4.80. The van der Waals surface area contributed by atoms with Gasteiger partial charge in [-0.05, 0) is 12.1 Å². The number of nitro groups is 1. The van der Waals surface area contributed by atoms with E-state index in [1.165, 1.54) is 6.07 Å². The lowest BCUT2D eigenvalue weighted by Gasteiger charge is -2.07. The van der Waals surface area contributed by atoms with Crippen molar-refractivity contribution in [2.75, 3.05) is 17.6 Å². The van der Waals surface area contributed by atoms with Gasteiger partial charge in [-0.3, -0.25) is 14.8 Å². The Morgan fingerprint density at radius 2 is 2.32 bits per heavy atom. The maximum atomic E-state index is 10.9. The van der Waals surface area contributed by atoms with Crippen LogP contribution in [-0.2, 0) is 13.5 Å². The molecule has 0 fully saturated rings. The van der Waals surface area contributed by atoms with E-state index in [1.54, 1.807) is 30.2 Å². The zero-order valence-electron chi connectivity index (χ0n) is 10.4. The first kappa shape index (κ1) is 12.8. The van der Waals surface area contributed by atoms with E-state index in [4.69, 9.17) is 5.73 Å². The molecule has 3 N–H and O–H groups in total. The quantitative estimate of drug-likeness (QED) is 0.471. The molecule has 2 aromatic rings. The first-order chi connectivity index (χ1) is 9.08. The Labute approximate surface area is 109 Å². The lowest BCUT2D eigenvalue weighted by Crippen LogP contribution is -2.09. The van der Waals surface area contributed by atoms with Crippen LogP contribution in [0, 0.1) is 10.1 Å². The van der Waals surface area contributed by atoms with Crippen molar-refractivity contribution < 1.29 is 4.92 Å². The number of nitrogen functional groups attached to an aromatic ring is 1. The van der Waals surface area contributed by atoms with E-state index in [2.05, 4.69) is 15.4 Å². The molecule has 0 saturated heterocycles. The fraction of sp³-hybridized carbons (Fsp3) is 0.273. The minimum Gasteiger partial charge on any atom is -0.393 e. The summed E-state index contributed by atoms with van der Waals surface area (Å²) in [7, 11) is 1.78. The number of para-hydroxylation sites is 1. The van der Waals surface area contributed by atoms with Crippen molar-refractivity contribution in [1.82, 2.24) is 14.8 Å². The second-order valence-electron chi connectivity index (χ2n) is 4.01. The molecule has 100 valence electrons. The van der Waals surface area contributed by atoms with Crippen molar-refractivity contribution in [1.29, 1.82) is 0 Å². The number of rotatable bonds is 5. The molecule has 0 atom stereocenters. The molecular weight excluding hydrogens is 248 g/mol. The summed E-state index contributed by atoms with van der Waals surface area (Å²) in [5.41, 5.74) is 6.05. The van der Waals surface area contributed by atoms with Crippen LogP contribution >= 0.6 is 0 Å². The van der Waals surface area contributed by atoms with Gasteiger partial charge in [-0.1, -0.05) is 6.07 Å². The van der Waals surface area contributed by atoms with Gasteiger partial charge >= 0.3 is 5.69 Å². The van der Waals surface area contributed by atoms with Gasteiger partial charge in [-0.2, -0.15) is 5.10 Å². The Morgan fingerprint density at radius 3 is 2.95 bits per heavy atom. The van der Waals surface area contributed by atoms with Crippen LogP contribution in [0.3, 0.4) is 0 Å². The first-order valence-electron chi connectivity index (χ1n) is 5.69. The number of nitro benzene ring substituents is 1. The molecule has 19 heavy (non-hydrogen) atoms. The van der Waals surface area contributed by atoms with Gasteiger partial charge in [0, 0.05) is 20.0 Å². The molecule has 0 radical (unpaired) electrons. The predicted octanol–water partition coefficient (Wildman–Crippen LogP) is 0.960. The van der Waals surface area contributed by atoms with Crippen LogP contribution in [0.5, 0.6) is 0 Å². The summed E-state index contributed by atoms with van der Waals surface area (Å²) < 4.78 is 1.61. The molecule has 8 heteroatoms. The Hall–Kier alpha value is -2.64. The zero-order chi connectivity index (χ0) is 13.8. The van der Waals surface area contributed by atoms with Crippen molar-refractivity contribution in [2.24, 2.45) is 7.05 Å². The van der Waals surface area contributed by atoms with Gasteiger partial charge in [-0.15, -0.1) is 0 Å². The van der Waals surface area contributed by atoms with Crippen LogP contribution < -0.4 is 11.1 Å². The van der Waals surface area contributed by atoms with E-state index in [0.717, 1.165) is 0 Å². The summed E-state index contributed by atoms with van der Waals surface area (Å²) in [5.74, 6) is 0.682. The monoisotopic (exact) mass is 262 g/mol. The Kier molecular flexibility index (Phi) is 3.60. The summed E-state index contributed by atoms with van der Waals surface area (Å²) in [6.45, 7) is 0.494. The molecule has 1 aromatic heterocycles. The van der Waals surface area contributed by atoms with E-state index in [0.29, 0.717) is 24.5 Å². The third kappa shape index (κ3) is 2.97. The average Bonchev–Trinajstić information content (AvgIpc) is 2.74. The highest BCUT2D eigenvalue weighted by molar-refractivity contribution is 5.74. The molecule has 0 saturated carbocycles. The summed E-state index contributed by atoms with van der Waals surface area (Å²) in [4.78, 5) is 14.5. The van der Waals surface area contributed by atoms with Crippen molar-refractivity contribution in [3.63, 3.8) is 0 Å². The lowest BCUT2D eigenvalue weighted by molar-refractivity contribution is -0.383. The second kappa shape index (κ2) is 5.34. The summed E-state index contributed by atoms with van der Waals surface area (Å²) >= 11 is 0. The number of benzene rings is 1. The largest absolute Gasteiger partial charge is 0.393 e. The number of aryl methyl sites for hydroxylation is 1. The molecule has 0 amide bonds. The lowest BCUT2D eigenvalue weighted by atomic mass is 10.2. The molecule has 0 aliphatic heterocycles. The van der Waals surface area contributed by atoms with E-state index in [-0.39, 0.29) is 11.4 Å². The molecule has 0 spiro atoms. The van der Waals surface area contributed by atoms with Crippen molar-refractivity contribution >= 4 is 17.1 Å². The minimum atomic E-state index is -0.489. The number of hydrogen-bond acceptors (Lipinski definition) is 6. The third-order valence-electron chi connectivity index (χ3n) is 2.56. The SMILES string of the molecule is Cn1cnc(CCNc2cccc(N)c2[N+](=O)[O-])n1. The molecule has 0 bridgehead atoms. The van der Waals surface area contributed by atoms with Gasteiger partial charge in [0.25, 0.3) is 0 Å². The van der Waals surface area contributed by atoms with E-state index in [9.17, 15) is 10.1 Å². The van der Waals surface area contributed by atoms with Gasteiger partial charge in [0.2, 0.25) is 0 Å². The zero-order valence-corrected chi connectivity index (χ0v) is 10.4. The fourth-order valence-electron chi connectivity index (χ4n) is 1.72. The Balaban J connectivity index is 2.03. The highest BCUT2D eigenvalue weighted by atomic mass is 16.6. The molecule has 0 aliphatic carbocycles. The van der Waals surface area contributed by atoms with Crippen LogP contribution in [-0.4, -0.2) is 26.2 Å². The van der Waals surface area contributed by atoms with Crippen LogP contribution in [0.4, 0.5) is 17.1 Å². The molecule has 2 rings (SSSR count). The van der Waals surface area contributed by atoms with Gasteiger partial charge in [0.05, 0.1) is 4.92 Å².